The molecule has 0 aromatic rings. The summed E-state index contributed by atoms with van der Waals surface area (Å²) in [5, 5.41) is 92.5. The average Bonchev–Trinajstić information content (AvgIpc) is 4.03. The normalized spacial score (nSPS) is 48.1. The second-order valence-corrected chi connectivity index (χ2v) is 23.2. The molecule has 0 spiro atoms. The highest BCUT2D eigenvalue weighted by Crippen LogP contribution is 2.72. The number of cyclic esters (lactones) is 2. The van der Waals surface area contributed by atoms with Crippen molar-refractivity contribution < 1.29 is 81.0 Å². The minimum Gasteiger partial charge on any atom is -0.549 e. The molecule has 8 saturated carbocycles. The Kier molecular flexibility index (Phi) is 13.6. The maximum absolute atomic E-state index is 12.6. The minimum absolute atomic E-state index is 0.0304. The van der Waals surface area contributed by atoms with Crippen molar-refractivity contribution in [2.24, 2.45) is 57.2 Å². The van der Waals surface area contributed by atoms with Crippen LogP contribution in [0.2, 0.25) is 0 Å². The summed E-state index contributed by atoms with van der Waals surface area (Å²) in [4.78, 5) is 48.4. The molecule has 2 heterocycles. The first-order valence-corrected chi connectivity index (χ1v) is 25.6. The lowest BCUT2D eigenvalue weighted by atomic mass is 9.41. The summed E-state index contributed by atoms with van der Waals surface area (Å²) in [6.45, 7) is 6.84. The quantitative estimate of drug-likeness (QED) is 0.113. The largest absolute Gasteiger partial charge is 0.549 e. The van der Waals surface area contributed by atoms with Crippen molar-refractivity contribution in [3.05, 3.63) is 23.3 Å². The van der Waals surface area contributed by atoms with E-state index in [-0.39, 0.29) is 99.2 Å². The van der Waals surface area contributed by atoms with E-state index in [1.807, 2.05) is 0 Å². The summed E-state index contributed by atoms with van der Waals surface area (Å²) >= 11 is 0. The van der Waals surface area contributed by atoms with Gasteiger partial charge in [0.15, 0.2) is 0 Å². The first-order chi connectivity index (χ1) is 31.6. The Bertz CT molecular complexity index is 1870. The molecule has 0 radical (unpaired) electrons. The number of carboxylic acids is 2. The number of hydrogen-bond acceptors (Lipinski definition) is 14. The number of quaternary nitrogens is 2. The van der Waals surface area contributed by atoms with Gasteiger partial charge in [-0.25, -0.2) is 9.59 Å². The Morgan fingerprint density at radius 1 is 0.567 bits per heavy atom. The predicted molar refractivity (Wildman–Crippen MR) is 234 cm³/mol. The van der Waals surface area contributed by atoms with Crippen LogP contribution < -0.4 is 21.7 Å². The van der Waals surface area contributed by atoms with Crippen molar-refractivity contribution in [1.29, 1.82) is 0 Å². The van der Waals surface area contributed by atoms with E-state index in [4.69, 9.17) is 9.47 Å². The number of ether oxygens (including phenoxy) is 2. The lowest BCUT2D eigenvalue weighted by Gasteiger charge is -2.67. The number of aliphatic hydroxyl groups excluding tert-OH is 2. The van der Waals surface area contributed by atoms with Crippen LogP contribution in [0.15, 0.2) is 23.3 Å². The molecule has 0 bridgehead atoms. The molecule has 10 unspecified atom stereocenters. The van der Waals surface area contributed by atoms with Crippen LogP contribution in [0.1, 0.15) is 149 Å². The Hall–Kier alpha value is -2.96. The van der Waals surface area contributed by atoms with Gasteiger partial charge in [-0.15, -0.1) is 0 Å². The van der Waals surface area contributed by atoms with Crippen LogP contribution in [0, 0.1) is 57.2 Å². The second kappa shape index (κ2) is 18.0. The fraction of sp³-hybridized carbons (Fsp3) is 0.843. The molecule has 12 N–H and O–H groups in total. The summed E-state index contributed by atoms with van der Waals surface area (Å²) in [5.74, 6) is -4.39. The lowest BCUT2D eigenvalue weighted by Crippen LogP contribution is -2.72. The molecule has 10 aliphatic rings. The molecule has 10 rings (SSSR count). The molecule has 2 aliphatic heterocycles. The van der Waals surface area contributed by atoms with Crippen molar-refractivity contribution in [1.82, 2.24) is 0 Å². The first-order valence-electron chi connectivity index (χ1n) is 25.6. The molecule has 16 nitrogen and oxygen atoms in total. The van der Waals surface area contributed by atoms with Gasteiger partial charge in [-0.3, -0.25) is 0 Å². The molecule has 0 amide bonds. The SMILES string of the molecule is C[C@]12CCC3C(CCC4(O)CC(O)CC[C@]34C(=O)[O-])C1(O)CC[C@H]2C1=CC(=O)OC1.C[C@]12CCC3C(CCC4(O)CC(O)CC[C@]34C(=O)[O-])C1(O)CC[C@H]2C1=CC(=O)OC1.[NH3+]CCCCC[NH3+]. The van der Waals surface area contributed by atoms with Gasteiger partial charge in [0.2, 0.25) is 0 Å². The van der Waals surface area contributed by atoms with Crippen LogP contribution in [0.4, 0.5) is 0 Å². The van der Waals surface area contributed by atoms with Gasteiger partial charge in [-0.05, 0) is 169 Å². The number of carbonyl (C=O) groups is 4. The number of aliphatic hydroxyl groups is 6. The standard InChI is InChI=1S/2C23H32O7.C5H14N2/c2*1-20-6-3-16-17(23(20,29)9-5-15(20)13-10-18(25)30-12-13)4-7-21(28)11-14(24)2-8-22(16,21)19(26)27;6-4-2-1-3-5-7/h2*10,14-17,24,28-29H,2-9,11-12H2,1H3,(H,26,27);1-7H2/t2*14?,15-,16?,17?,20+,21?,22+,23?;/m00./s1. The van der Waals surface area contributed by atoms with Crippen molar-refractivity contribution >= 4 is 23.9 Å². The number of unbranched alkanes of at least 4 members (excludes halogenated alkanes) is 2. The van der Waals surface area contributed by atoms with Crippen molar-refractivity contribution in [2.45, 2.75) is 183 Å². The third kappa shape index (κ3) is 7.49. The van der Waals surface area contributed by atoms with E-state index in [9.17, 15) is 60.0 Å². The average molecular weight is 943 g/mol. The molecule has 0 aromatic heterocycles. The van der Waals surface area contributed by atoms with Gasteiger partial charge in [-0.2, -0.15) is 0 Å². The van der Waals surface area contributed by atoms with E-state index in [0.717, 1.165) is 37.1 Å². The van der Waals surface area contributed by atoms with Crippen molar-refractivity contribution in [3.63, 3.8) is 0 Å². The van der Waals surface area contributed by atoms with Crippen molar-refractivity contribution in [3.8, 4) is 0 Å². The molecule has 16 heteroatoms. The summed E-state index contributed by atoms with van der Waals surface area (Å²) < 4.78 is 10.3. The first kappa shape index (κ1) is 50.4. The molecule has 0 aromatic carbocycles. The predicted octanol–water partition coefficient (Wildman–Crippen LogP) is -0.461. The van der Waals surface area contributed by atoms with Crippen LogP contribution in [0.3, 0.4) is 0 Å². The number of carboxylic acid groups (broad SMARTS) is 2. The van der Waals surface area contributed by atoms with E-state index >= 15 is 0 Å². The van der Waals surface area contributed by atoms with E-state index in [0.29, 0.717) is 64.2 Å². The van der Waals surface area contributed by atoms with Gasteiger partial charge in [-0.1, -0.05) is 13.8 Å². The maximum atomic E-state index is 12.6. The molecular weight excluding hydrogens is 865 g/mol. The second-order valence-electron chi connectivity index (χ2n) is 23.2. The number of fused-ring (bicyclic) bond motifs is 10. The fourth-order valence-electron chi connectivity index (χ4n) is 17.5. The van der Waals surface area contributed by atoms with Crippen LogP contribution in [-0.4, -0.2) is 115 Å². The molecule has 376 valence electrons. The van der Waals surface area contributed by atoms with E-state index in [1.165, 1.54) is 19.3 Å². The zero-order valence-electron chi connectivity index (χ0n) is 39.8. The zero-order chi connectivity index (χ0) is 48.6. The third-order valence-electron chi connectivity index (χ3n) is 20.8. The van der Waals surface area contributed by atoms with Gasteiger partial charge in [0.25, 0.3) is 0 Å². The van der Waals surface area contributed by atoms with Gasteiger partial charge in [0.1, 0.15) is 13.2 Å². The Morgan fingerprint density at radius 3 is 1.27 bits per heavy atom. The molecule has 8 fully saturated rings. The van der Waals surface area contributed by atoms with Gasteiger partial charge >= 0.3 is 11.9 Å². The summed E-state index contributed by atoms with van der Waals surface area (Å²) in [6.07, 6.45) is 13.1. The smallest absolute Gasteiger partial charge is 0.331 e. The van der Waals surface area contributed by atoms with Gasteiger partial charge in [0, 0.05) is 46.7 Å². The summed E-state index contributed by atoms with van der Waals surface area (Å²) in [7, 11) is 0. The highest BCUT2D eigenvalue weighted by atomic mass is 16.5. The van der Waals surface area contributed by atoms with Crippen molar-refractivity contribution in [2.75, 3.05) is 26.3 Å². The third-order valence-corrected chi connectivity index (χ3v) is 20.8. The summed E-state index contributed by atoms with van der Waals surface area (Å²) in [6, 6.07) is 0. The van der Waals surface area contributed by atoms with Gasteiger partial charge in [0.05, 0.1) is 59.6 Å². The Balaban J connectivity index is 0.000000159. The summed E-state index contributed by atoms with van der Waals surface area (Å²) in [5.41, 5.74) is 0.407. The number of carbonyl (C=O) groups excluding carboxylic acids is 4. The van der Waals surface area contributed by atoms with Crippen LogP contribution in [0.25, 0.3) is 0 Å². The van der Waals surface area contributed by atoms with E-state index < -0.39 is 68.2 Å². The lowest BCUT2D eigenvalue weighted by molar-refractivity contribution is -0.374. The number of aliphatic carboxylic acids is 2. The van der Waals surface area contributed by atoms with E-state index in [2.05, 4.69) is 25.3 Å². The molecule has 16 atom stereocenters. The monoisotopic (exact) mass is 943 g/mol. The van der Waals surface area contributed by atoms with Crippen LogP contribution in [0.5, 0.6) is 0 Å². The molecule has 0 saturated heterocycles. The van der Waals surface area contributed by atoms with Gasteiger partial charge < -0.3 is 71.4 Å². The number of rotatable bonds is 8. The Morgan fingerprint density at radius 2 is 0.940 bits per heavy atom. The molecule has 67 heavy (non-hydrogen) atoms. The number of esters is 2. The number of hydrogen-bond donors (Lipinski definition) is 8. The zero-order valence-corrected chi connectivity index (χ0v) is 39.8. The maximum Gasteiger partial charge on any atom is 0.331 e. The highest BCUT2D eigenvalue weighted by Gasteiger charge is 2.73. The van der Waals surface area contributed by atoms with Crippen LogP contribution >= 0.6 is 0 Å². The molecular formula is C51H78N2O14. The molecule has 8 aliphatic carbocycles. The fourth-order valence-corrected chi connectivity index (χ4v) is 17.5. The van der Waals surface area contributed by atoms with Crippen LogP contribution in [-0.2, 0) is 28.7 Å². The minimum atomic E-state index is -1.50. The highest BCUT2D eigenvalue weighted by molar-refractivity contribution is 5.86. The Labute approximate surface area is 393 Å². The van der Waals surface area contributed by atoms with E-state index in [1.54, 1.807) is 12.2 Å². The topological polar surface area (TPSA) is 310 Å².